The van der Waals surface area contributed by atoms with Crippen LogP contribution in [0.1, 0.15) is 19.4 Å². The summed E-state index contributed by atoms with van der Waals surface area (Å²) in [5.41, 5.74) is 2.33. The number of fused-ring (bicyclic) bond motifs is 1. The molecular formula is C12H16N2O2. The van der Waals surface area contributed by atoms with Gasteiger partial charge >= 0.3 is 0 Å². The molecule has 2 rings (SSSR count). The number of aliphatic hydroxyl groups excluding tert-OH is 1. The van der Waals surface area contributed by atoms with Crippen LogP contribution in [-0.4, -0.2) is 24.2 Å². The molecule has 3 N–H and O–H groups in total. The van der Waals surface area contributed by atoms with E-state index in [1.54, 1.807) is 0 Å². The van der Waals surface area contributed by atoms with Crippen molar-refractivity contribution in [1.29, 1.82) is 0 Å². The lowest BCUT2D eigenvalue weighted by Gasteiger charge is -2.16. The second-order valence-corrected chi connectivity index (χ2v) is 4.49. The summed E-state index contributed by atoms with van der Waals surface area (Å²) < 4.78 is 0. The average molecular weight is 220 g/mol. The Kier molecular flexibility index (Phi) is 2.59. The summed E-state index contributed by atoms with van der Waals surface area (Å²) in [5, 5.41) is 14.7. The molecule has 4 nitrogen and oxygen atoms in total. The van der Waals surface area contributed by atoms with E-state index in [1.807, 2.05) is 32.0 Å². The van der Waals surface area contributed by atoms with Gasteiger partial charge in [0.05, 0.1) is 12.0 Å². The van der Waals surface area contributed by atoms with E-state index in [4.69, 9.17) is 5.11 Å². The van der Waals surface area contributed by atoms with E-state index in [2.05, 4.69) is 10.6 Å². The highest BCUT2D eigenvalue weighted by Gasteiger charge is 2.38. The smallest absolute Gasteiger partial charge is 0.234 e. The van der Waals surface area contributed by atoms with Crippen molar-refractivity contribution >= 4 is 17.3 Å². The molecule has 16 heavy (non-hydrogen) atoms. The summed E-state index contributed by atoms with van der Waals surface area (Å²) in [6.45, 7) is 4.42. The van der Waals surface area contributed by atoms with Crippen LogP contribution < -0.4 is 10.6 Å². The van der Waals surface area contributed by atoms with Gasteiger partial charge in [0.1, 0.15) is 0 Å². The molecule has 1 aromatic carbocycles. The van der Waals surface area contributed by atoms with Crippen LogP contribution in [-0.2, 0) is 10.2 Å². The highest BCUT2D eigenvalue weighted by Crippen LogP contribution is 2.38. The molecular weight excluding hydrogens is 204 g/mol. The summed E-state index contributed by atoms with van der Waals surface area (Å²) in [5.74, 6) is 0.0295. The van der Waals surface area contributed by atoms with Crippen LogP contribution in [0.25, 0.3) is 0 Å². The van der Waals surface area contributed by atoms with Crippen LogP contribution >= 0.6 is 0 Å². The van der Waals surface area contributed by atoms with E-state index in [1.165, 1.54) is 0 Å². The van der Waals surface area contributed by atoms with Crippen molar-refractivity contribution in [3.63, 3.8) is 0 Å². The molecule has 0 aliphatic carbocycles. The van der Waals surface area contributed by atoms with Crippen molar-refractivity contribution in [2.24, 2.45) is 0 Å². The third-order valence-corrected chi connectivity index (χ3v) is 2.95. The van der Waals surface area contributed by atoms with Gasteiger partial charge in [-0.05, 0) is 37.6 Å². The van der Waals surface area contributed by atoms with Crippen molar-refractivity contribution in [3.05, 3.63) is 23.8 Å². The molecule has 1 amide bonds. The standard InChI is InChI=1S/C12H16N2O2/c1-12(2)9-7-8(13-5-6-15)3-4-10(9)14-11(12)16/h3-4,7,13,15H,5-6H2,1-2H3,(H,14,16). The van der Waals surface area contributed by atoms with Crippen molar-refractivity contribution in [2.45, 2.75) is 19.3 Å². The molecule has 0 radical (unpaired) electrons. The molecule has 1 aliphatic rings. The summed E-state index contributed by atoms with van der Waals surface area (Å²) in [7, 11) is 0. The molecule has 1 aromatic rings. The SMILES string of the molecule is CC1(C)C(=O)Nc2ccc(NCCO)cc21. The van der Waals surface area contributed by atoms with Crippen molar-refractivity contribution in [2.75, 3.05) is 23.8 Å². The molecule has 0 spiro atoms. The maximum Gasteiger partial charge on any atom is 0.234 e. The molecule has 0 saturated heterocycles. The van der Waals surface area contributed by atoms with Gasteiger partial charge in [-0.3, -0.25) is 4.79 Å². The van der Waals surface area contributed by atoms with Gasteiger partial charge < -0.3 is 15.7 Å². The van der Waals surface area contributed by atoms with Gasteiger partial charge in [0.25, 0.3) is 0 Å². The average Bonchev–Trinajstić information content (AvgIpc) is 2.48. The molecule has 0 unspecified atom stereocenters. The maximum atomic E-state index is 11.7. The fourth-order valence-corrected chi connectivity index (χ4v) is 1.88. The zero-order chi connectivity index (χ0) is 11.8. The van der Waals surface area contributed by atoms with Crippen LogP contribution in [0, 0.1) is 0 Å². The number of anilines is 2. The van der Waals surface area contributed by atoms with Crippen LogP contribution in [0.5, 0.6) is 0 Å². The lowest BCUT2D eigenvalue weighted by Crippen LogP contribution is -2.26. The van der Waals surface area contributed by atoms with E-state index in [0.717, 1.165) is 16.9 Å². The van der Waals surface area contributed by atoms with E-state index in [9.17, 15) is 4.79 Å². The minimum absolute atomic E-state index is 0.0295. The molecule has 0 bridgehead atoms. The fraction of sp³-hybridized carbons (Fsp3) is 0.417. The van der Waals surface area contributed by atoms with Crippen molar-refractivity contribution in [1.82, 2.24) is 0 Å². The normalized spacial score (nSPS) is 16.8. The summed E-state index contributed by atoms with van der Waals surface area (Å²) in [6, 6.07) is 5.75. The quantitative estimate of drug-likeness (QED) is 0.720. The summed E-state index contributed by atoms with van der Waals surface area (Å²) in [6.07, 6.45) is 0. The van der Waals surface area contributed by atoms with Crippen LogP contribution in [0.2, 0.25) is 0 Å². The first-order chi connectivity index (χ1) is 7.55. The lowest BCUT2D eigenvalue weighted by atomic mass is 9.86. The van der Waals surface area contributed by atoms with Crippen molar-refractivity contribution < 1.29 is 9.90 Å². The van der Waals surface area contributed by atoms with Gasteiger partial charge in [-0.15, -0.1) is 0 Å². The Hall–Kier alpha value is -1.55. The van der Waals surface area contributed by atoms with E-state index in [-0.39, 0.29) is 12.5 Å². The Morgan fingerprint density at radius 2 is 2.19 bits per heavy atom. The van der Waals surface area contributed by atoms with Gasteiger partial charge in [0.2, 0.25) is 5.91 Å². The number of hydrogen-bond donors (Lipinski definition) is 3. The van der Waals surface area contributed by atoms with Gasteiger partial charge in [-0.25, -0.2) is 0 Å². The Morgan fingerprint density at radius 3 is 2.88 bits per heavy atom. The molecule has 1 aliphatic heterocycles. The van der Waals surface area contributed by atoms with Crippen LogP contribution in [0.3, 0.4) is 0 Å². The Morgan fingerprint density at radius 1 is 1.44 bits per heavy atom. The monoisotopic (exact) mass is 220 g/mol. The number of amides is 1. The number of carbonyl (C=O) groups excluding carboxylic acids is 1. The third-order valence-electron chi connectivity index (χ3n) is 2.95. The molecule has 0 aromatic heterocycles. The maximum absolute atomic E-state index is 11.7. The number of hydrogen-bond acceptors (Lipinski definition) is 3. The number of aliphatic hydroxyl groups is 1. The third kappa shape index (κ3) is 1.65. The second kappa shape index (κ2) is 3.79. The first kappa shape index (κ1) is 11.0. The predicted octanol–water partition coefficient (Wildman–Crippen LogP) is 1.32. The van der Waals surface area contributed by atoms with E-state index >= 15 is 0 Å². The number of benzene rings is 1. The number of rotatable bonds is 3. The van der Waals surface area contributed by atoms with Crippen LogP contribution in [0.4, 0.5) is 11.4 Å². The Labute approximate surface area is 94.7 Å². The molecule has 4 heteroatoms. The fourth-order valence-electron chi connectivity index (χ4n) is 1.88. The highest BCUT2D eigenvalue weighted by atomic mass is 16.3. The highest BCUT2D eigenvalue weighted by molar-refractivity contribution is 6.05. The largest absolute Gasteiger partial charge is 0.395 e. The van der Waals surface area contributed by atoms with E-state index in [0.29, 0.717) is 6.54 Å². The summed E-state index contributed by atoms with van der Waals surface area (Å²) >= 11 is 0. The molecule has 1 heterocycles. The molecule has 86 valence electrons. The number of nitrogens with one attached hydrogen (secondary N) is 2. The van der Waals surface area contributed by atoms with Gasteiger partial charge in [0, 0.05) is 17.9 Å². The Bertz CT molecular complexity index is 427. The molecule has 0 fully saturated rings. The van der Waals surface area contributed by atoms with Crippen molar-refractivity contribution in [3.8, 4) is 0 Å². The van der Waals surface area contributed by atoms with Gasteiger partial charge in [-0.2, -0.15) is 0 Å². The van der Waals surface area contributed by atoms with Crippen LogP contribution in [0.15, 0.2) is 18.2 Å². The predicted molar refractivity (Wildman–Crippen MR) is 63.7 cm³/mol. The molecule has 0 atom stereocenters. The zero-order valence-electron chi connectivity index (χ0n) is 9.50. The zero-order valence-corrected chi connectivity index (χ0v) is 9.50. The lowest BCUT2D eigenvalue weighted by molar-refractivity contribution is -0.119. The topological polar surface area (TPSA) is 61.4 Å². The summed E-state index contributed by atoms with van der Waals surface area (Å²) in [4.78, 5) is 11.7. The minimum Gasteiger partial charge on any atom is -0.395 e. The van der Waals surface area contributed by atoms with Gasteiger partial charge in [0.15, 0.2) is 0 Å². The first-order valence-corrected chi connectivity index (χ1v) is 5.36. The van der Waals surface area contributed by atoms with Gasteiger partial charge in [-0.1, -0.05) is 0 Å². The first-order valence-electron chi connectivity index (χ1n) is 5.36. The second-order valence-electron chi connectivity index (χ2n) is 4.49. The minimum atomic E-state index is -0.480. The number of carbonyl (C=O) groups is 1. The molecule has 0 saturated carbocycles. The Balaban J connectivity index is 2.33. The van der Waals surface area contributed by atoms with E-state index < -0.39 is 5.41 Å².